The standard InChI is InChI=1S/C32H29NO10S/c1-5-16-40-29(36)23(18-24(34)30(37)43-31(2,3)4)33-28(35)22-17-25-26(19-27(22)44(33,38)39)42-32(41-25,20-12-8-6-9-13-20)21-14-10-7-11-15-21/h5-15,17,19,23H,1,16,18H2,2-4H3/t23-/m0/s1. The van der Waals surface area contributed by atoms with Gasteiger partial charge in [0.05, 0.1) is 12.0 Å². The Kier molecular flexibility index (Phi) is 7.81. The Morgan fingerprint density at radius 2 is 1.50 bits per heavy atom. The van der Waals surface area contributed by atoms with Crippen LogP contribution in [-0.4, -0.2) is 54.6 Å². The first-order chi connectivity index (χ1) is 20.8. The number of carbonyl (C=O) groups excluding carboxylic acids is 4. The van der Waals surface area contributed by atoms with E-state index in [0.29, 0.717) is 11.1 Å². The molecule has 0 aliphatic carbocycles. The average Bonchev–Trinajstić information content (AvgIpc) is 3.46. The molecule has 0 saturated carbocycles. The van der Waals surface area contributed by atoms with Crippen molar-refractivity contribution < 1.29 is 46.5 Å². The predicted octanol–water partition coefficient (Wildman–Crippen LogP) is 3.90. The summed E-state index contributed by atoms with van der Waals surface area (Å²) < 4.78 is 50.7. The monoisotopic (exact) mass is 619 g/mol. The molecule has 0 radical (unpaired) electrons. The van der Waals surface area contributed by atoms with E-state index in [1.165, 1.54) is 32.9 Å². The minimum absolute atomic E-state index is 0.0327. The number of hydrogen-bond acceptors (Lipinski definition) is 10. The summed E-state index contributed by atoms with van der Waals surface area (Å²) in [5.74, 6) is -6.21. The predicted molar refractivity (Wildman–Crippen MR) is 155 cm³/mol. The SMILES string of the molecule is C=CCOC(=O)[C@H](CC(=O)C(=O)OC(C)(C)C)N1C(=O)c2cc3c(cc2S1(=O)=O)OC(c1ccccc1)(c1ccccc1)O3. The number of sulfonamides is 1. The highest BCUT2D eigenvalue weighted by atomic mass is 32.2. The first-order valence-electron chi connectivity index (χ1n) is 13.6. The van der Waals surface area contributed by atoms with Gasteiger partial charge in [-0.1, -0.05) is 73.3 Å². The van der Waals surface area contributed by atoms with Crippen LogP contribution in [-0.2, 0) is 39.7 Å². The minimum Gasteiger partial charge on any atom is -0.460 e. The number of hydrogen-bond donors (Lipinski definition) is 0. The van der Waals surface area contributed by atoms with E-state index in [1.54, 1.807) is 48.5 Å². The van der Waals surface area contributed by atoms with Gasteiger partial charge in [0.25, 0.3) is 15.9 Å². The van der Waals surface area contributed by atoms with Crippen molar-refractivity contribution in [2.75, 3.05) is 6.61 Å². The third kappa shape index (κ3) is 5.44. The van der Waals surface area contributed by atoms with E-state index in [-0.39, 0.29) is 28.0 Å². The van der Waals surface area contributed by atoms with Crippen LogP contribution in [0.15, 0.2) is 90.3 Å². The normalized spacial score (nSPS) is 16.5. The Morgan fingerprint density at radius 1 is 0.955 bits per heavy atom. The van der Waals surface area contributed by atoms with Crippen molar-refractivity contribution in [3.05, 3.63) is 102 Å². The number of amides is 1. The third-order valence-corrected chi connectivity index (χ3v) is 8.56. The van der Waals surface area contributed by atoms with Crippen molar-refractivity contribution in [2.24, 2.45) is 0 Å². The number of nitrogens with zero attached hydrogens (tertiary/aromatic N) is 1. The van der Waals surface area contributed by atoms with Crippen LogP contribution in [0.25, 0.3) is 0 Å². The highest BCUT2D eigenvalue weighted by Crippen LogP contribution is 2.50. The van der Waals surface area contributed by atoms with Crippen molar-refractivity contribution in [1.82, 2.24) is 4.31 Å². The summed E-state index contributed by atoms with van der Waals surface area (Å²) in [6, 6.07) is 18.4. The molecule has 0 spiro atoms. The fourth-order valence-electron chi connectivity index (χ4n) is 4.87. The molecule has 3 aromatic rings. The molecule has 0 unspecified atom stereocenters. The molecule has 12 heteroatoms. The van der Waals surface area contributed by atoms with Gasteiger partial charge in [0, 0.05) is 17.2 Å². The second-order valence-corrected chi connectivity index (χ2v) is 12.8. The molecule has 11 nitrogen and oxygen atoms in total. The number of carbonyl (C=O) groups is 4. The van der Waals surface area contributed by atoms with Gasteiger partial charge in [-0.25, -0.2) is 22.3 Å². The topological polar surface area (TPSA) is 143 Å². The van der Waals surface area contributed by atoms with Crippen molar-refractivity contribution >= 4 is 33.7 Å². The van der Waals surface area contributed by atoms with Crippen molar-refractivity contribution in [3.63, 3.8) is 0 Å². The van der Waals surface area contributed by atoms with Crippen LogP contribution in [0.1, 0.15) is 48.7 Å². The second-order valence-electron chi connectivity index (χ2n) is 11.0. The molecule has 44 heavy (non-hydrogen) atoms. The van der Waals surface area contributed by atoms with E-state index < -0.39 is 62.4 Å². The Bertz CT molecular complexity index is 1720. The number of esters is 2. The van der Waals surface area contributed by atoms with Gasteiger partial charge in [-0.05, 0) is 26.8 Å². The molecule has 2 aliphatic rings. The number of Topliss-reactive ketones (excluding diaryl/α,β-unsaturated/α-hetero) is 1. The highest BCUT2D eigenvalue weighted by molar-refractivity contribution is 7.90. The van der Waals surface area contributed by atoms with Gasteiger partial charge in [-0.2, -0.15) is 0 Å². The molecule has 2 aliphatic heterocycles. The van der Waals surface area contributed by atoms with E-state index in [2.05, 4.69) is 6.58 Å². The molecule has 0 aromatic heterocycles. The average molecular weight is 620 g/mol. The second kappa shape index (κ2) is 11.3. The van der Waals surface area contributed by atoms with E-state index in [1.807, 2.05) is 12.1 Å². The quantitative estimate of drug-likeness (QED) is 0.197. The molecule has 0 fully saturated rings. The zero-order valence-corrected chi connectivity index (χ0v) is 25.0. The highest BCUT2D eigenvalue weighted by Gasteiger charge is 2.52. The van der Waals surface area contributed by atoms with E-state index >= 15 is 0 Å². The number of fused-ring (bicyclic) bond motifs is 2. The van der Waals surface area contributed by atoms with Crippen molar-refractivity contribution in [2.45, 2.75) is 49.5 Å². The molecule has 0 N–H and O–H groups in total. The maximum atomic E-state index is 13.8. The lowest BCUT2D eigenvalue weighted by atomic mass is 9.97. The van der Waals surface area contributed by atoms with E-state index in [0.717, 1.165) is 6.07 Å². The Morgan fingerprint density at radius 3 is 2.02 bits per heavy atom. The number of rotatable bonds is 9. The largest absolute Gasteiger partial charge is 0.460 e. The summed E-state index contributed by atoms with van der Waals surface area (Å²) in [4.78, 5) is 51.5. The van der Waals surface area contributed by atoms with Gasteiger partial charge in [-0.3, -0.25) is 9.59 Å². The number of ether oxygens (including phenoxy) is 4. The molecular formula is C32H29NO10S. The molecule has 5 rings (SSSR count). The Labute approximate surface area is 254 Å². The third-order valence-electron chi connectivity index (χ3n) is 6.73. The van der Waals surface area contributed by atoms with E-state index in [4.69, 9.17) is 18.9 Å². The molecule has 2 heterocycles. The van der Waals surface area contributed by atoms with Gasteiger partial charge in [0.2, 0.25) is 5.78 Å². The summed E-state index contributed by atoms with van der Waals surface area (Å²) in [7, 11) is -4.74. The summed E-state index contributed by atoms with van der Waals surface area (Å²) in [5, 5.41) is 0. The zero-order valence-electron chi connectivity index (χ0n) is 24.1. The fourth-order valence-corrected chi connectivity index (χ4v) is 6.57. The van der Waals surface area contributed by atoms with Crippen LogP contribution in [0.4, 0.5) is 0 Å². The Hall–Kier alpha value is -4.97. The lowest BCUT2D eigenvalue weighted by Crippen LogP contribution is -2.47. The smallest absolute Gasteiger partial charge is 0.375 e. The summed E-state index contributed by atoms with van der Waals surface area (Å²) in [5.41, 5.74) is -0.115. The molecule has 1 atom stereocenters. The van der Waals surface area contributed by atoms with Gasteiger partial charge >= 0.3 is 17.7 Å². The van der Waals surface area contributed by atoms with Gasteiger partial charge in [0.1, 0.15) is 17.1 Å². The first-order valence-corrected chi connectivity index (χ1v) is 15.0. The van der Waals surface area contributed by atoms with Crippen LogP contribution < -0.4 is 9.47 Å². The first kappa shape index (κ1) is 30.5. The van der Waals surface area contributed by atoms with Crippen LogP contribution in [0, 0.1) is 0 Å². The van der Waals surface area contributed by atoms with Gasteiger partial charge in [0.15, 0.2) is 17.5 Å². The number of ketones is 1. The molecule has 3 aromatic carbocycles. The van der Waals surface area contributed by atoms with Gasteiger partial charge in [-0.15, -0.1) is 0 Å². The lowest BCUT2D eigenvalue weighted by molar-refractivity contribution is -0.163. The van der Waals surface area contributed by atoms with Crippen LogP contribution in [0.5, 0.6) is 11.5 Å². The summed E-state index contributed by atoms with van der Waals surface area (Å²) in [6.07, 6.45) is 0.229. The summed E-state index contributed by atoms with van der Waals surface area (Å²) in [6.45, 7) is 7.71. The maximum absolute atomic E-state index is 13.8. The lowest BCUT2D eigenvalue weighted by Gasteiger charge is -2.28. The maximum Gasteiger partial charge on any atom is 0.375 e. The minimum atomic E-state index is -4.74. The zero-order chi connectivity index (χ0) is 31.9. The van der Waals surface area contributed by atoms with Crippen molar-refractivity contribution in [1.29, 1.82) is 0 Å². The molecule has 228 valence electrons. The molecule has 0 saturated heterocycles. The van der Waals surface area contributed by atoms with Crippen LogP contribution in [0.2, 0.25) is 0 Å². The molecule has 1 amide bonds. The van der Waals surface area contributed by atoms with Crippen LogP contribution in [0.3, 0.4) is 0 Å². The molecule has 0 bridgehead atoms. The van der Waals surface area contributed by atoms with E-state index in [9.17, 15) is 27.6 Å². The van der Waals surface area contributed by atoms with Crippen LogP contribution >= 0.6 is 0 Å². The fraction of sp³-hybridized carbons (Fsp3) is 0.250. The summed E-state index contributed by atoms with van der Waals surface area (Å²) >= 11 is 0. The molecular weight excluding hydrogens is 590 g/mol. The Balaban J connectivity index is 1.53. The number of benzene rings is 3. The van der Waals surface area contributed by atoms with Gasteiger partial charge < -0.3 is 18.9 Å². The van der Waals surface area contributed by atoms with Crippen molar-refractivity contribution in [3.8, 4) is 11.5 Å².